The van der Waals surface area contributed by atoms with Gasteiger partial charge < -0.3 is 34.6 Å². The van der Waals surface area contributed by atoms with Crippen molar-refractivity contribution in [2.45, 2.75) is 32.9 Å². The molecule has 2 saturated heterocycles. The van der Waals surface area contributed by atoms with E-state index in [1.54, 1.807) is 70.4 Å². The van der Waals surface area contributed by atoms with E-state index in [-0.39, 0.29) is 46.8 Å². The second-order valence-electron chi connectivity index (χ2n) is 14.4. The number of fused-ring (bicyclic) bond motifs is 2. The summed E-state index contributed by atoms with van der Waals surface area (Å²) in [6, 6.07) is 20.6. The monoisotopic (exact) mass is 782 g/mol. The third-order valence-electron chi connectivity index (χ3n) is 10.6. The predicted octanol–water partition coefficient (Wildman–Crippen LogP) is 3.84. The van der Waals surface area contributed by atoms with Crippen LogP contribution in [0, 0.1) is 6.92 Å². The molecule has 0 spiro atoms. The molecule has 8 rings (SSSR count). The number of pyridine rings is 2. The first-order chi connectivity index (χ1) is 27.9. The third-order valence-corrected chi connectivity index (χ3v) is 10.6. The van der Waals surface area contributed by atoms with E-state index in [1.165, 1.54) is 23.4 Å². The summed E-state index contributed by atoms with van der Waals surface area (Å²) in [6.45, 7) is 7.58. The summed E-state index contributed by atoms with van der Waals surface area (Å²) in [5.41, 5.74) is 3.16. The molecule has 0 saturated carbocycles. The Balaban J connectivity index is 0.000000177. The van der Waals surface area contributed by atoms with Crippen LogP contribution in [0.5, 0.6) is 0 Å². The number of rotatable bonds is 6. The van der Waals surface area contributed by atoms with Crippen molar-refractivity contribution < 1.29 is 28.8 Å². The van der Waals surface area contributed by atoms with Crippen molar-refractivity contribution in [2.24, 2.45) is 0 Å². The number of benzene rings is 2. The van der Waals surface area contributed by atoms with Crippen LogP contribution in [0.1, 0.15) is 60.8 Å². The van der Waals surface area contributed by atoms with Gasteiger partial charge in [0.05, 0.1) is 16.5 Å². The van der Waals surface area contributed by atoms with Crippen LogP contribution in [-0.4, -0.2) is 126 Å². The van der Waals surface area contributed by atoms with Gasteiger partial charge in [0.1, 0.15) is 11.3 Å². The Kier molecular flexibility index (Phi) is 11.1. The number of carbonyl (C=O) groups excluding carboxylic acids is 6. The van der Waals surface area contributed by atoms with Crippen LogP contribution in [0.3, 0.4) is 0 Å². The van der Waals surface area contributed by atoms with E-state index in [0.29, 0.717) is 66.1 Å². The van der Waals surface area contributed by atoms with Crippen LogP contribution in [0.4, 0.5) is 0 Å². The molecular formula is C43H42N8O7. The Morgan fingerprint density at radius 3 is 1.64 bits per heavy atom. The average molecular weight is 783 g/mol. The van der Waals surface area contributed by atoms with E-state index in [0.717, 1.165) is 5.56 Å². The van der Waals surface area contributed by atoms with E-state index in [9.17, 15) is 33.6 Å². The Hall–Kier alpha value is -7.16. The third kappa shape index (κ3) is 7.65. The molecule has 4 amide bonds. The SMILES string of the molecule is C[C@@H]1CN(C(=O)c2ccccc2)CCN1C(=O)C(=O)c1c[nH]c2[nH]ccc(=O)c12.Cc1ccnc2[nH]cc(C(=O)C(=O)N3CCN(C(=O)c4ccccc4)C[C@H]3C)c12. The summed E-state index contributed by atoms with van der Waals surface area (Å²) < 4.78 is 0. The molecule has 0 radical (unpaired) electrons. The number of ketones is 2. The van der Waals surface area contributed by atoms with Gasteiger partial charge >= 0.3 is 0 Å². The van der Waals surface area contributed by atoms with Crippen molar-refractivity contribution in [1.82, 2.24) is 39.5 Å². The molecule has 0 unspecified atom stereocenters. The molecule has 15 heteroatoms. The molecule has 2 fully saturated rings. The first kappa shape index (κ1) is 39.1. The van der Waals surface area contributed by atoms with Gasteiger partial charge in [-0.1, -0.05) is 36.4 Å². The van der Waals surface area contributed by atoms with Crippen LogP contribution in [0.15, 0.2) is 102 Å². The second kappa shape index (κ2) is 16.5. The van der Waals surface area contributed by atoms with Crippen molar-refractivity contribution >= 4 is 57.3 Å². The van der Waals surface area contributed by atoms with Gasteiger partial charge in [0.25, 0.3) is 35.2 Å². The van der Waals surface area contributed by atoms with Crippen molar-refractivity contribution in [3.8, 4) is 0 Å². The minimum absolute atomic E-state index is 0.0573. The van der Waals surface area contributed by atoms with Gasteiger partial charge in [0, 0.05) is 98.7 Å². The quantitative estimate of drug-likeness (QED) is 0.168. The van der Waals surface area contributed by atoms with Crippen LogP contribution in [-0.2, 0) is 9.59 Å². The van der Waals surface area contributed by atoms with E-state index < -0.39 is 23.4 Å². The molecule has 6 heterocycles. The maximum atomic E-state index is 12.9. The first-order valence-corrected chi connectivity index (χ1v) is 18.9. The summed E-state index contributed by atoms with van der Waals surface area (Å²) in [4.78, 5) is 108. The first-order valence-electron chi connectivity index (χ1n) is 18.9. The normalized spacial score (nSPS) is 16.8. The second-order valence-corrected chi connectivity index (χ2v) is 14.4. The predicted molar refractivity (Wildman–Crippen MR) is 215 cm³/mol. The number of amides is 4. The molecular weight excluding hydrogens is 741 g/mol. The zero-order valence-electron chi connectivity index (χ0n) is 32.2. The van der Waals surface area contributed by atoms with Gasteiger partial charge in [-0.2, -0.15) is 0 Å². The fourth-order valence-electron chi connectivity index (χ4n) is 7.56. The highest BCUT2D eigenvalue weighted by Gasteiger charge is 2.36. The van der Waals surface area contributed by atoms with Gasteiger partial charge in [-0.3, -0.25) is 33.6 Å². The largest absolute Gasteiger partial charge is 0.347 e. The number of H-pyrrole nitrogens is 3. The lowest BCUT2D eigenvalue weighted by Gasteiger charge is -2.39. The highest BCUT2D eigenvalue weighted by atomic mass is 16.2. The number of hydrogen-bond donors (Lipinski definition) is 3. The van der Waals surface area contributed by atoms with E-state index in [4.69, 9.17) is 0 Å². The fourth-order valence-corrected chi connectivity index (χ4v) is 7.56. The minimum Gasteiger partial charge on any atom is -0.347 e. The molecule has 2 aliphatic heterocycles. The maximum absolute atomic E-state index is 12.9. The highest BCUT2D eigenvalue weighted by molar-refractivity contribution is 6.45. The number of nitrogens with one attached hydrogen (secondary N) is 3. The van der Waals surface area contributed by atoms with Crippen molar-refractivity contribution in [3.63, 3.8) is 0 Å². The molecule has 4 aromatic heterocycles. The number of aromatic amines is 3. The van der Waals surface area contributed by atoms with Crippen molar-refractivity contribution in [1.29, 1.82) is 0 Å². The average Bonchev–Trinajstić information content (AvgIpc) is 3.90. The van der Waals surface area contributed by atoms with Gasteiger partial charge in [-0.05, 0) is 56.7 Å². The Labute approximate surface area is 332 Å². The molecule has 58 heavy (non-hydrogen) atoms. The zero-order chi connectivity index (χ0) is 41.1. The summed E-state index contributed by atoms with van der Waals surface area (Å²) in [6.07, 6.45) is 6.06. The van der Waals surface area contributed by atoms with Gasteiger partial charge in [0.15, 0.2) is 5.43 Å². The minimum atomic E-state index is -0.734. The molecule has 2 aromatic carbocycles. The smallest absolute Gasteiger partial charge is 0.295 e. The summed E-state index contributed by atoms with van der Waals surface area (Å²) in [5, 5.41) is 0.854. The number of aryl methyl sites for hydroxylation is 1. The summed E-state index contributed by atoms with van der Waals surface area (Å²) >= 11 is 0. The molecule has 3 N–H and O–H groups in total. The van der Waals surface area contributed by atoms with Crippen LogP contribution in [0.2, 0.25) is 0 Å². The number of hydrogen-bond acceptors (Lipinski definition) is 8. The zero-order valence-corrected chi connectivity index (χ0v) is 32.2. The van der Waals surface area contributed by atoms with Crippen LogP contribution < -0.4 is 5.43 Å². The van der Waals surface area contributed by atoms with E-state index in [2.05, 4.69) is 19.9 Å². The Bertz CT molecular complexity index is 2600. The lowest BCUT2D eigenvalue weighted by molar-refractivity contribution is -0.130. The lowest BCUT2D eigenvalue weighted by atomic mass is 10.0. The Morgan fingerprint density at radius 1 is 0.621 bits per heavy atom. The highest BCUT2D eigenvalue weighted by Crippen LogP contribution is 2.23. The fraction of sp³-hybridized carbons (Fsp3) is 0.256. The number of Topliss-reactive ketones (excluding diaryl/α,β-unsaturated/α-hetero) is 2. The molecule has 6 aromatic rings. The van der Waals surface area contributed by atoms with Gasteiger partial charge in [0.2, 0.25) is 0 Å². The summed E-state index contributed by atoms with van der Waals surface area (Å²) in [7, 11) is 0. The topological polar surface area (TPSA) is 193 Å². The number of nitrogens with zero attached hydrogens (tertiary/aromatic N) is 5. The van der Waals surface area contributed by atoms with Gasteiger partial charge in [-0.25, -0.2) is 4.98 Å². The van der Waals surface area contributed by atoms with Gasteiger partial charge in [-0.15, -0.1) is 0 Å². The number of piperazine rings is 2. The number of carbonyl (C=O) groups is 6. The molecule has 2 atom stereocenters. The molecule has 15 nitrogen and oxygen atoms in total. The molecule has 0 bridgehead atoms. The van der Waals surface area contributed by atoms with Crippen LogP contribution in [0.25, 0.3) is 22.1 Å². The Morgan fingerprint density at radius 2 is 1.12 bits per heavy atom. The molecule has 2 aliphatic rings. The number of aromatic nitrogens is 4. The van der Waals surface area contributed by atoms with E-state index >= 15 is 0 Å². The maximum Gasteiger partial charge on any atom is 0.295 e. The standard InChI is InChI=1S/C22H22N4O3.C21H20N4O4/c1-14-8-9-23-20-18(14)17(12-24-20)19(27)22(29)26-11-10-25(13-15(26)2)21(28)16-6-4-3-5-7-16;1-13-12-24(20(28)14-5-3-2-4-6-14)9-10-25(13)21(29)18(27)15-11-23-19-17(15)16(26)7-8-22-19/h3-9,12,15H,10-11,13H2,1-2H3,(H,23,24);2-8,11,13H,9-10,12H2,1H3,(H2,22,23,26)/t15-;13-/m11/s1. The van der Waals surface area contributed by atoms with Crippen molar-refractivity contribution in [2.75, 3.05) is 39.3 Å². The lowest BCUT2D eigenvalue weighted by Crippen LogP contribution is -2.56. The molecule has 0 aliphatic carbocycles. The van der Waals surface area contributed by atoms with Crippen molar-refractivity contribution in [3.05, 3.63) is 136 Å². The summed E-state index contributed by atoms with van der Waals surface area (Å²) in [5.74, 6) is -2.67. The molecule has 296 valence electrons. The van der Waals surface area contributed by atoms with Crippen LogP contribution >= 0.6 is 0 Å². The van der Waals surface area contributed by atoms with E-state index in [1.807, 2.05) is 44.2 Å².